The van der Waals surface area contributed by atoms with E-state index in [0.717, 1.165) is 19.4 Å². The van der Waals surface area contributed by atoms with Gasteiger partial charge in [-0.25, -0.2) is 0 Å². The molecular formula is C10H14F3N3O. The number of hydrogen-bond acceptors (Lipinski definition) is 4. The predicted octanol–water partition coefficient (Wildman–Crippen LogP) is 2.03. The van der Waals surface area contributed by atoms with E-state index in [0.29, 0.717) is 11.9 Å². The lowest BCUT2D eigenvalue weighted by molar-refractivity contribution is -0.128. The predicted molar refractivity (Wildman–Crippen MR) is 53.5 cm³/mol. The Morgan fingerprint density at radius 1 is 1.47 bits per heavy atom. The molecule has 2 unspecified atom stereocenters. The highest BCUT2D eigenvalue weighted by molar-refractivity contribution is 4.98. The van der Waals surface area contributed by atoms with Crippen molar-refractivity contribution in [2.75, 3.05) is 6.54 Å². The minimum Gasteiger partial charge on any atom is -0.339 e. The monoisotopic (exact) mass is 249 g/mol. The third-order valence-electron chi connectivity index (χ3n) is 2.82. The number of alkyl halides is 3. The number of nitrogens with zero attached hydrogens (tertiary/aromatic N) is 2. The zero-order valence-electron chi connectivity index (χ0n) is 9.42. The van der Waals surface area contributed by atoms with E-state index in [1.54, 1.807) is 0 Å². The molecule has 0 saturated carbocycles. The minimum absolute atomic E-state index is 0.0701. The quantitative estimate of drug-likeness (QED) is 0.871. The van der Waals surface area contributed by atoms with Crippen LogP contribution in [0.1, 0.15) is 37.4 Å². The molecule has 1 aromatic rings. The molecule has 1 fully saturated rings. The summed E-state index contributed by atoms with van der Waals surface area (Å²) >= 11 is 0. The van der Waals surface area contributed by atoms with Gasteiger partial charge in [0.25, 0.3) is 0 Å². The van der Waals surface area contributed by atoms with Gasteiger partial charge in [-0.3, -0.25) is 0 Å². The first-order chi connectivity index (χ1) is 7.94. The first kappa shape index (κ1) is 12.3. The largest absolute Gasteiger partial charge is 0.396 e. The van der Waals surface area contributed by atoms with Gasteiger partial charge in [-0.1, -0.05) is 5.16 Å². The zero-order valence-corrected chi connectivity index (χ0v) is 9.42. The fourth-order valence-electron chi connectivity index (χ4n) is 2.04. The van der Waals surface area contributed by atoms with E-state index < -0.39 is 12.6 Å². The second-order valence-corrected chi connectivity index (χ2v) is 4.42. The summed E-state index contributed by atoms with van der Waals surface area (Å²) in [7, 11) is 0. The molecule has 0 spiro atoms. The van der Waals surface area contributed by atoms with Crippen molar-refractivity contribution in [1.29, 1.82) is 0 Å². The molecule has 0 amide bonds. The molecule has 1 aliphatic rings. The van der Waals surface area contributed by atoms with Gasteiger partial charge in [0.05, 0.1) is 0 Å². The van der Waals surface area contributed by atoms with Crippen LogP contribution in [0.15, 0.2) is 4.52 Å². The van der Waals surface area contributed by atoms with Gasteiger partial charge in [0.2, 0.25) is 5.89 Å². The Hall–Kier alpha value is -1.11. The molecule has 0 aliphatic carbocycles. The molecule has 2 heterocycles. The lowest BCUT2D eigenvalue weighted by Gasteiger charge is -2.25. The fraction of sp³-hybridized carbons (Fsp3) is 0.800. The van der Waals surface area contributed by atoms with Crippen LogP contribution in [0, 0.1) is 0 Å². The van der Waals surface area contributed by atoms with Gasteiger partial charge >= 0.3 is 6.18 Å². The topological polar surface area (TPSA) is 51.0 Å². The van der Waals surface area contributed by atoms with Gasteiger partial charge in [0.15, 0.2) is 5.82 Å². The third kappa shape index (κ3) is 3.42. The van der Waals surface area contributed by atoms with Crippen LogP contribution in [0.2, 0.25) is 0 Å². The number of rotatable bonds is 2. The van der Waals surface area contributed by atoms with E-state index in [4.69, 9.17) is 4.52 Å². The Bertz CT molecular complexity index is 377. The third-order valence-corrected chi connectivity index (χ3v) is 2.82. The standard InChI is InChI=1S/C10H14F3N3O/c1-6-4-7(2-3-14-6)9-15-8(16-17-9)5-10(11,12)13/h6-7,14H,2-5H2,1H3. The van der Waals surface area contributed by atoms with Gasteiger partial charge < -0.3 is 9.84 Å². The molecule has 0 bridgehead atoms. The van der Waals surface area contributed by atoms with Crippen molar-refractivity contribution in [2.45, 2.75) is 44.3 Å². The summed E-state index contributed by atoms with van der Waals surface area (Å²) in [5, 5.41) is 6.63. The Morgan fingerprint density at radius 2 is 2.24 bits per heavy atom. The molecule has 1 saturated heterocycles. The lowest BCUT2D eigenvalue weighted by atomic mass is 9.93. The Balaban J connectivity index is 2.02. The molecule has 1 N–H and O–H groups in total. The van der Waals surface area contributed by atoms with Crippen molar-refractivity contribution >= 4 is 0 Å². The van der Waals surface area contributed by atoms with Gasteiger partial charge in [0.1, 0.15) is 6.42 Å². The Labute approximate surface area is 96.6 Å². The SMILES string of the molecule is CC1CC(c2nc(CC(F)(F)F)no2)CCN1. The normalized spacial score (nSPS) is 26.1. The van der Waals surface area contributed by atoms with Crippen LogP contribution < -0.4 is 5.32 Å². The summed E-state index contributed by atoms with van der Waals surface area (Å²) < 4.78 is 41.3. The first-order valence-corrected chi connectivity index (χ1v) is 5.56. The van der Waals surface area contributed by atoms with E-state index >= 15 is 0 Å². The maximum absolute atomic E-state index is 12.1. The van der Waals surface area contributed by atoms with Crippen LogP contribution in [-0.4, -0.2) is 28.9 Å². The van der Waals surface area contributed by atoms with E-state index in [9.17, 15) is 13.2 Å². The van der Waals surface area contributed by atoms with Crippen molar-refractivity contribution in [3.8, 4) is 0 Å². The van der Waals surface area contributed by atoms with Gasteiger partial charge in [-0.05, 0) is 26.3 Å². The molecular weight excluding hydrogens is 235 g/mol. The summed E-state index contributed by atoms with van der Waals surface area (Å²) in [5.41, 5.74) is 0. The average molecular weight is 249 g/mol. The minimum atomic E-state index is -4.29. The van der Waals surface area contributed by atoms with E-state index in [1.165, 1.54) is 0 Å². The molecule has 4 nitrogen and oxygen atoms in total. The van der Waals surface area contributed by atoms with Gasteiger partial charge in [0, 0.05) is 12.0 Å². The summed E-state index contributed by atoms with van der Waals surface area (Å²) in [6.07, 6.45) is -3.79. The Morgan fingerprint density at radius 3 is 2.88 bits per heavy atom. The number of aromatic nitrogens is 2. The summed E-state index contributed by atoms with van der Waals surface area (Å²) in [6.45, 7) is 2.85. The molecule has 0 radical (unpaired) electrons. The average Bonchev–Trinajstić information content (AvgIpc) is 2.63. The van der Waals surface area contributed by atoms with E-state index in [-0.39, 0.29) is 11.7 Å². The first-order valence-electron chi connectivity index (χ1n) is 5.56. The highest BCUT2D eigenvalue weighted by Crippen LogP contribution is 2.27. The van der Waals surface area contributed by atoms with Crippen molar-refractivity contribution in [3.05, 3.63) is 11.7 Å². The summed E-state index contributed by atoms with van der Waals surface area (Å²) in [4.78, 5) is 3.83. The van der Waals surface area contributed by atoms with Crippen LogP contribution in [0.25, 0.3) is 0 Å². The maximum atomic E-state index is 12.1. The smallest absolute Gasteiger partial charge is 0.339 e. The van der Waals surface area contributed by atoms with Crippen LogP contribution in [0.5, 0.6) is 0 Å². The van der Waals surface area contributed by atoms with E-state index in [2.05, 4.69) is 15.5 Å². The maximum Gasteiger partial charge on any atom is 0.396 e. The molecule has 1 aliphatic heterocycles. The highest BCUT2D eigenvalue weighted by atomic mass is 19.4. The van der Waals surface area contributed by atoms with Crippen LogP contribution in [-0.2, 0) is 6.42 Å². The molecule has 2 rings (SSSR count). The molecule has 1 aromatic heterocycles. The van der Waals surface area contributed by atoms with Crippen LogP contribution >= 0.6 is 0 Å². The van der Waals surface area contributed by atoms with Crippen LogP contribution in [0.3, 0.4) is 0 Å². The fourth-order valence-corrected chi connectivity index (χ4v) is 2.04. The number of piperidine rings is 1. The second kappa shape index (κ2) is 4.64. The second-order valence-electron chi connectivity index (χ2n) is 4.42. The highest BCUT2D eigenvalue weighted by Gasteiger charge is 2.32. The lowest BCUT2D eigenvalue weighted by Crippen LogP contribution is -2.34. The van der Waals surface area contributed by atoms with Gasteiger partial charge in [-0.2, -0.15) is 18.2 Å². The summed E-state index contributed by atoms with van der Waals surface area (Å²) in [5.74, 6) is 0.122. The number of nitrogens with one attached hydrogen (secondary N) is 1. The van der Waals surface area contributed by atoms with E-state index in [1.807, 2.05) is 6.92 Å². The zero-order chi connectivity index (χ0) is 12.5. The van der Waals surface area contributed by atoms with Crippen LogP contribution in [0.4, 0.5) is 13.2 Å². The van der Waals surface area contributed by atoms with Crippen molar-refractivity contribution in [2.24, 2.45) is 0 Å². The van der Waals surface area contributed by atoms with Crippen molar-refractivity contribution < 1.29 is 17.7 Å². The number of hydrogen-bond donors (Lipinski definition) is 1. The summed E-state index contributed by atoms with van der Waals surface area (Å²) in [6, 6.07) is 0.326. The molecule has 2 atom stereocenters. The van der Waals surface area contributed by atoms with Crippen molar-refractivity contribution in [3.63, 3.8) is 0 Å². The number of halogens is 3. The van der Waals surface area contributed by atoms with Crippen molar-refractivity contribution in [1.82, 2.24) is 15.5 Å². The molecule has 0 aromatic carbocycles. The molecule has 7 heteroatoms. The van der Waals surface area contributed by atoms with Gasteiger partial charge in [-0.15, -0.1) is 0 Å². The molecule has 17 heavy (non-hydrogen) atoms. The Kier molecular flexibility index (Phi) is 3.37. The molecule has 96 valence electrons.